The first-order valence-corrected chi connectivity index (χ1v) is 7.67. The zero-order valence-electron chi connectivity index (χ0n) is 12.0. The maximum absolute atomic E-state index is 13.6. The van der Waals surface area contributed by atoms with E-state index in [1.807, 2.05) is 31.2 Å². The molecule has 0 radical (unpaired) electrons. The largest absolute Gasteiger partial charge is 0.307 e. The molecule has 1 N–H and O–H groups in total. The highest BCUT2D eigenvalue weighted by Crippen LogP contribution is 2.25. The highest BCUT2D eigenvalue weighted by Gasteiger charge is 2.12. The molecule has 0 aliphatic carbocycles. The Labute approximate surface area is 135 Å². The van der Waals surface area contributed by atoms with Crippen molar-refractivity contribution in [3.63, 3.8) is 0 Å². The summed E-state index contributed by atoms with van der Waals surface area (Å²) < 4.78 is 13.6. The molecule has 0 aliphatic rings. The number of halogens is 3. The molecule has 21 heavy (non-hydrogen) atoms. The van der Waals surface area contributed by atoms with Crippen LogP contribution in [0.2, 0.25) is 10.0 Å². The SMILES string of the molecule is CC(Cc1ccccc1F)NC(C)c1ccc(Cl)c(Cl)c1. The van der Waals surface area contributed by atoms with Crippen LogP contribution < -0.4 is 5.32 Å². The lowest BCUT2D eigenvalue weighted by molar-refractivity contribution is 0.469. The normalized spacial score (nSPS) is 14.0. The van der Waals surface area contributed by atoms with E-state index in [0.29, 0.717) is 16.5 Å². The third-order valence-electron chi connectivity index (χ3n) is 3.46. The van der Waals surface area contributed by atoms with Crippen molar-refractivity contribution in [2.45, 2.75) is 32.4 Å². The van der Waals surface area contributed by atoms with Crippen LogP contribution in [0.15, 0.2) is 42.5 Å². The molecule has 0 saturated carbocycles. The lowest BCUT2D eigenvalue weighted by atomic mass is 10.0. The zero-order valence-corrected chi connectivity index (χ0v) is 13.5. The summed E-state index contributed by atoms with van der Waals surface area (Å²) in [5.74, 6) is -0.159. The van der Waals surface area contributed by atoms with Gasteiger partial charge in [-0.15, -0.1) is 0 Å². The molecule has 0 heterocycles. The second-order valence-electron chi connectivity index (χ2n) is 5.26. The van der Waals surface area contributed by atoms with E-state index >= 15 is 0 Å². The minimum absolute atomic E-state index is 0.113. The Morgan fingerprint density at radius 2 is 1.76 bits per heavy atom. The van der Waals surface area contributed by atoms with Crippen LogP contribution in [0.25, 0.3) is 0 Å². The van der Waals surface area contributed by atoms with Crippen molar-refractivity contribution in [2.75, 3.05) is 0 Å². The average Bonchev–Trinajstić information content (AvgIpc) is 2.44. The van der Waals surface area contributed by atoms with Gasteiger partial charge in [0.2, 0.25) is 0 Å². The Morgan fingerprint density at radius 1 is 1.05 bits per heavy atom. The summed E-state index contributed by atoms with van der Waals surface area (Å²) in [7, 11) is 0. The fourth-order valence-corrected chi connectivity index (χ4v) is 2.66. The predicted octanol–water partition coefficient (Wildman–Crippen LogP) is 5.41. The number of hydrogen-bond donors (Lipinski definition) is 1. The molecule has 0 bridgehead atoms. The van der Waals surface area contributed by atoms with E-state index in [1.54, 1.807) is 12.1 Å². The summed E-state index contributed by atoms with van der Waals surface area (Å²) in [4.78, 5) is 0. The molecule has 1 nitrogen and oxygen atoms in total. The summed E-state index contributed by atoms with van der Waals surface area (Å²) in [6.45, 7) is 4.10. The van der Waals surface area contributed by atoms with Crippen LogP contribution in [0.1, 0.15) is 31.0 Å². The standard InChI is InChI=1S/C17H18Cl2FN/c1-11(9-14-5-3-4-6-17(14)20)21-12(2)13-7-8-15(18)16(19)10-13/h3-8,10-12,21H,9H2,1-2H3. The number of rotatable bonds is 5. The minimum Gasteiger partial charge on any atom is -0.307 e. The molecule has 112 valence electrons. The van der Waals surface area contributed by atoms with E-state index in [2.05, 4.69) is 12.2 Å². The number of hydrogen-bond acceptors (Lipinski definition) is 1. The molecule has 2 unspecified atom stereocenters. The van der Waals surface area contributed by atoms with E-state index in [-0.39, 0.29) is 17.9 Å². The quantitative estimate of drug-likeness (QED) is 0.774. The van der Waals surface area contributed by atoms with Crippen LogP contribution in [0.3, 0.4) is 0 Å². The average molecular weight is 326 g/mol. The Bertz CT molecular complexity index is 615. The van der Waals surface area contributed by atoms with Crippen LogP contribution in [-0.2, 0) is 6.42 Å². The van der Waals surface area contributed by atoms with Crippen molar-refractivity contribution in [3.05, 3.63) is 69.5 Å². The second-order valence-corrected chi connectivity index (χ2v) is 6.07. The van der Waals surface area contributed by atoms with Gasteiger partial charge in [0.1, 0.15) is 5.82 Å². The fraction of sp³-hybridized carbons (Fsp3) is 0.294. The molecule has 0 aliphatic heterocycles. The fourth-order valence-electron chi connectivity index (χ4n) is 2.36. The van der Waals surface area contributed by atoms with Crippen molar-refractivity contribution in [1.29, 1.82) is 0 Å². The maximum atomic E-state index is 13.6. The van der Waals surface area contributed by atoms with Gasteiger partial charge in [-0.2, -0.15) is 0 Å². The maximum Gasteiger partial charge on any atom is 0.126 e. The van der Waals surface area contributed by atoms with Crippen LogP contribution in [0.4, 0.5) is 4.39 Å². The molecule has 0 saturated heterocycles. The number of benzene rings is 2. The first-order chi connectivity index (χ1) is 9.97. The molecule has 2 rings (SSSR count). The molecular formula is C17H18Cl2FN. The van der Waals surface area contributed by atoms with Crippen LogP contribution in [-0.4, -0.2) is 6.04 Å². The Hall–Kier alpha value is -1.09. The first kappa shape index (κ1) is 16.3. The Morgan fingerprint density at radius 3 is 2.43 bits per heavy atom. The van der Waals surface area contributed by atoms with Gasteiger partial charge in [0, 0.05) is 12.1 Å². The smallest absolute Gasteiger partial charge is 0.126 e. The third kappa shape index (κ3) is 4.44. The Kier molecular flexibility index (Phi) is 5.63. The van der Waals surface area contributed by atoms with Gasteiger partial charge in [-0.1, -0.05) is 47.5 Å². The molecule has 0 amide bonds. The van der Waals surface area contributed by atoms with Crippen molar-refractivity contribution in [3.8, 4) is 0 Å². The molecule has 4 heteroatoms. The van der Waals surface area contributed by atoms with Gasteiger partial charge in [-0.05, 0) is 49.6 Å². The van der Waals surface area contributed by atoms with E-state index in [9.17, 15) is 4.39 Å². The van der Waals surface area contributed by atoms with Gasteiger partial charge in [0.25, 0.3) is 0 Å². The second kappa shape index (κ2) is 7.26. The van der Waals surface area contributed by atoms with Gasteiger partial charge in [0.05, 0.1) is 10.0 Å². The molecule has 2 aromatic carbocycles. The monoisotopic (exact) mass is 325 g/mol. The van der Waals surface area contributed by atoms with Crippen molar-refractivity contribution in [2.24, 2.45) is 0 Å². The summed E-state index contributed by atoms with van der Waals surface area (Å²) in [6.07, 6.45) is 0.637. The van der Waals surface area contributed by atoms with E-state index in [0.717, 1.165) is 11.1 Å². The van der Waals surface area contributed by atoms with Crippen LogP contribution >= 0.6 is 23.2 Å². The van der Waals surface area contributed by atoms with Crippen molar-refractivity contribution >= 4 is 23.2 Å². The first-order valence-electron chi connectivity index (χ1n) is 6.91. The van der Waals surface area contributed by atoms with Gasteiger partial charge in [0.15, 0.2) is 0 Å². The minimum atomic E-state index is -0.159. The van der Waals surface area contributed by atoms with Gasteiger partial charge < -0.3 is 5.32 Å². The molecule has 0 fully saturated rings. The van der Waals surface area contributed by atoms with E-state index in [4.69, 9.17) is 23.2 Å². The highest BCUT2D eigenvalue weighted by atomic mass is 35.5. The summed E-state index contributed by atoms with van der Waals surface area (Å²) in [5.41, 5.74) is 1.78. The third-order valence-corrected chi connectivity index (χ3v) is 4.20. The molecule has 0 aromatic heterocycles. The van der Waals surface area contributed by atoms with Gasteiger partial charge in [-0.25, -0.2) is 4.39 Å². The summed E-state index contributed by atoms with van der Waals surface area (Å²) >= 11 is 12.0. The molecule has 2 atom stereocenters. The van der Waals surface area contributed by atoms with E-state index in [1.165, 1.54) is 6.07 Å². The lowest BCUT2D eigenvalue weighted by Crippen LogP contribution is -2.31. The number of nitrogens with one attached hydrogen (secondary N) is 1. The predicted molar refractivity (Wildman–Crippen MR) is 87.6 cm³/mol. The van der Waals surface area contributed by atoms with Crippen LogP contribution in [0, 0.1) is 5.82 Å². The topological polar surface area (TPSA) is 12.0 Å². The van der Waals surface area contributed by atoms with Gasteiger partial charge >= 0.3 is 0 Å². The van der Waals surface area contributed by atoms with Crippen molar-refractivity contribution in [1.82, 2.24) is 5.32 Å². The highest BCUT2D eigenvalue weighted by molar-refractivity contribution is 6.42. The summed E-state index contributed by atoms with van der Waals surface area (Å²) in [6, 6.07) is 12.7. The molecular weight excluding hydrogens is 308 g/mol. The molecule has 0 spiro atoms. The van der Waals surface area contributed by atoms with Crippen molar-refractivity contribution < 1.29 is 4.39 Å². The van der Waals surface area contributed by atoms with Crippen LogP contribution in [0.5, 0.6) is 0 Å². The van der Waals surface area contributed by atoms with Gasteiger partial charge in [-0.3, -0.25) is 0 Å². The van der Waals surface area contributed by atoms with E-state index < -0.39 is 0 Å². The molecule has 2 aromatic rings. The Balaban J connectivity index is 2.00. The lowest BCUT2D eigenvalue weighted by Gasteiger charge is -2.21. The summed E-state index contributed by atoms with van der Waals surface area (Å²) in [5, 5.41) is 4.54. The zero-order chi connectivity index (χ0) is 15.4.